The van der Waals surface area contributed by atoms with E-state index in [0.717, 1.165) is 22.1 Å². The number of pyridine rings is 1. The van der Waals surface area contributed by atoms with Crippen molar-refractivity contribution in [3.8, 4) is 16.9 Å². The largest absolute Gasteiger partial charge is 0.481 e. The second-order valence-electron chi connectivity index (χ2n) is 7.34. The molecule has 0 bridgehead atoms. The number of aromatic nitrogens is 1. The maximum atomic E-state index is 12.5. The standard InChI is InChI=1S/C23H25N3O4/c1-13-7-5-6-8-17(13)20-12-25-22(28)19-11-16(9-10-18(19)20)30-15(3)23(29)26(4)14(2)21(24)27/h5-12,14-15H,1-4H3,(H2,24,27)(H,25,28)/t14-,15-/m1/s1. The number of ether oxygens (including phenoxy) is 1. The molecule has 7 nitrogen and oxygen atoms in total. The van der Waals surface area contributed by atoms with E-state index in [0.29, 0.717) is 11.1 Å². The van der Waals surface area contributed by atoms with E-state index in [4.69, 9.17) is 10.5 Å². The molecule has 156 valence electrons. The second-order valence-corrected chi connectivity index (χ2v) is 7.34. The van der Waals surface area contributed by atoms with Gasteiger partial charge in [0.25, 0.3) is 11.5 Å². The average Bonchev–Trinajstić information content (AvgIpc) is 2.73. The minimum Gasteiger partial charge on any atom is -0.481 e. The maximum absolute atomic E-state index is 12.5. The number of carbonyl (C=O) groups excluding carboxylic acids is 2. The first kappa shape index (κ1) is 21.1. The summed E-state index contributed by atoms with van der Waals surface area (Å²) in [5.74, 6) is -0.598. The number of primary amides is 1. The van der Waals surface area contributed by atoms with Gasteiger partial charge >= 0.3 is 0 Å². The zero-order chi connectivity index (χ0) is 22.0. The van der Waals surface area contributed by atoms with Crippen LogP contribution < -0.4 is 16.0 Å². The molecule has 1 heterocycles. The minimum absolute atomic E-state index is 0.244. The van der Waals surface area contributed by atoms with Crippen molar-refractivity contribution in [2.45, 2.75) is 32.9 Å². The highest BCUT2D eigenvalue weighted by molar-refractivity contribution is 5.97. The molecule has 0 radical (unpaired) electrons. The Morgan fingerprint density at radius 1 is 1.07 bits per heavy atom. The number of benzene rings is 2. The molecule has 0 aliphatic heterocycles. The van der Waals surface area contributed by atoms with Crippen LogP contribution in [0.4, 0.5) is 0 Å². The lowest BCUT2D eigenvalue weighted by Gasteiger charge is -2.25. The fourth-order valence-electron chi connectivity index (χ4n) is 3.33. The summed E-state index contributed by atoms with van der Waals surface area (Å²) in [7, 11) is 1.50. The minimum atomic E-state index is -0.854. The SMILES string of the molecule is Cc1ccccc1-c1c[nH]c(=O)c2cc(O[C@H](C)C(=O)N(C)[C@H](C)C(N)=O)ccc12. The molecule has 0 spiro atoms. The Bertz CT molecular complexity index is 1170. The maximum Gasteiger partial charge on any atom is 0.263 e. The molecule has 7 heteroatoms. The number of carbonyl (C=O) groups is 2. The molecule has 3 aromatic rings. The quantitative estimate of drug-likeness (QED) is 0.655. The van der Waals surface area contributed by atoms with Crippen molar-refractivity contribution in [1.82, 2.24) is 9.88 Å². The van der Waals surface area contributed by atoms with E-state index < -0.39 is 18.1 Å². The number of aryl methyl sites for hydroxylation is 1. The molecule has 3 rings (SSSR count). The van der Waals surface area contributed by atoms with Crippen LogP contribution in [0.25, 0.3) is 21.9 Å². The Hall–Kier alpha value is -3.61. The Balaban J connectivity index is 1.94. The monoisotopic (exact) mass is 407 g/mol. The third kappa shape index (κ3) is 4.05. The van der Waals surface area contributed by atoms with Gasteiger partial charge in [0.05, 0.1) is 5.39 Å². The predicted octanol–water partition coefficient (Wildman–Crippen LogP) is 2.60. The highest BCUT2D eigenvalue weighted by atomic mass is 16.5. The van der Waals surface area contributed by atoms with Crippen LogP contribution in [0.5, 0.6) is 5.75 Å². The molecule has 2 amide bonds. The van der Waals surface area contributed by atoms with Gasteiger partial charge in [-0.1, -0.05) is 24.3 Å². The summed E-state index contributed by atoms with van der Waals surface area (Å²) in [6, 6.07) is 12.3. The third-order valence-electron chi connectivity index (χ3n) is 5.31. The topological polar surface area (TPSA) is 105 Å². The predicted molar refractivity (Wildman–Crippen MR) is 116 cm³/mol. The van der Waals surface area contributed by atoms with Crippen molar-refractivity contribution >= 4 is 22.6 Å². The Morgan fingerprint density at radius 3 is 2.43 bits per heavy atom. The average molecular weight is 407 g/mol. The smallest absolute Gasteiger partial charge is 0.263 e. The number of hydrogen-bond donors (Lipinski definition) is 2. The van der Waals surface area contributed by atoms with Crippen molar-refractivity contribution < 1.29 is 14.3 Å². The van der Waals surface area contributed by atoms with E-state index in [1.54, 1.807) is 32.2 Å². The van der Waals surface area contributed by atoms with E-state index in [1.807, 2.05) is 37.3 Å². The Labute approximate surface area is 174 Å². The fraction of sp³-hybridized carbons (Fsp3) is 0.261. The molecule has 3 N–H and O–H groups in total. The van der Waals surface area contributed by atoms with E-state index >= 15 is 0 Å². The first-order chi connectivity index (χ1) is 14.2. The van der Waals surface area contributed by atoms with Gasteiger partial charge in [0.15, 0.2) is 6.10 Å². The number of H-pyrrole nitrogens is 1. The van der Waals surface area contributed by atoms with E-state index in [2.05, 4.69) is 4.98 Å². The second kappa shape index (κ2) is 8.41. The summed E-state index contributed by atoms with van der Waals surface area (Å²) in [4.78, 5) is 40.3. The molecule has 0 unspecified atom stereocenters. The number of nitrogens with zero attached hydrogens (tertiary/aromatic N) is 1. The molecular formula is C23H25N3O4. The van der Waals surface area contributed by atoms with Gasteiger partial charge < -0.3 is 20.4 Å². The number of aromatic amines is 1. The van der Waals surface area contributed by atoms with Gasteiger partial charge in [-0.3, -0.25) is 14.4 Å². The van der Waals surface area contributed by atoms with E-state index in [1.165, 1.54) is 11.9 Å². The number of nitrogens with two attached hydrogens (primary N) is 1. The lowest BCUT2D eigenvalue weighted by atomic mass is 9.97. The number of rotatable bonds is 6. The summed E-state index contributed by atoms with van der Waals surface area (Å²) >= 11 is 0. The lowest BCUT2D eigenvalue weighted by Crippen LogP contribution is -2.48. The van der Waals surface area contributed by atoms with Crippen LogP contribution in [0.1, 0.15) is 19.4 Å². The zero-order valence-corrected chi connectivity index (χ0v) is 17.4. The third-order valence-corrected chi connectivity index (χ3v) is 5.31. The van der Waals surface area contributed by atoms with Crippen LogP contribution in [0, 0.1) is 6.92 Å². The Morgan fingerprint density at radius 2 is 1.77 bits per heavy atom. The van der Waals surface area contributed by atoms with Crippen LogP contribution in [0.3, 0.4) is 0 Å². The van der Waals surface area contributed by atoms with Crippen molar-refractivity contribution in [3.05, 3.63) is 64.6 Å². The molecule has 0 saturated carbocycles. The van der Waals surface area contributed by atoms with Crippen LogP contribution in [0.2, 0.25) is 0 Å². The molecule has 0 fully saturated rings. The van der Waals surface area contributed by atoms with E-state index in [9.17, 15) is 14.4 Å². The molecule has 2 atom stereocenters. The van der Waals surface area contributed by atoms with Gasteiger partial charge in [-0.15, -0.1) is 0 Å². The molecule has 2 aromatic carbocycles. The number of hydrogen-bond acceptors (Lipinski definition) is 4. The van der Waals surface area contributed by atoms with Gasteiger partial charge in [-0.05, 0) is 55.5 Å². The number of nitrogens with one attached hydrogen (secondary N) is 1. The van der Waals surface area contributed by atoms with Crippen LogP contribution >= 0.6 is 0 Å². The molecular weight excluding hydrogens is 382 g/mol. The lowest BCUT2D eigenvalue weighted by molar-refractivity contribution is -0.142. The van der Waals surface area contributed by atoms with Crippen molar-refractivity contribution in [2.24, 2.45) is 5.73 Å². The van der Waals surface area contributed by atoms with Crippen LogP contribution in [-0.2, 0) is 9.59 Å². The summed E-state index contributed by atoms with van der Waals surface area (Å²) in [5.41, 5.74) is 8.05. The summed E-state index contributed by atoms with van der Waals surface area (Å²) in [6.45, 7) is 5.15. The first-order valence-electron chi connectivity index (χ1n) is 9.64. The number of fused-ring (bicyclic) bond motifs is 1. The molecule has 0 aliphatic rings. The molecule has 0 saturated heterocycles. The highest BCUT2D eigenvalue weighted by Crippen LogP contribution is 2.30. The highest BCUT2D eigenvalue weighted by Gasteiger charge is 2.26. The Kier molecular flexibility index (Phi) is 5.91. The van der Waals surface area contributed by atoms with Gasteiger partial charge in [-0.25, -0.2) is 0 Å². The van der Waals surface area contributed by atoms with Gasteiger partial charge in [0.2, 0.25) is 5.91 Å². The molecule has 1 aromatic heterocycles. The van der Waals surface area contributed by atoms with Crippen LogP contribution in [-0.4, -0.2) is 40.9 Å². The van der Waals surface area contributed by atoms with Crippen LogP contribution in [0.15, 0.2) is 53.5 Å². The summed E-state index contributed by atoms with van der Waals surface area (Å²) in [6.07, 6.45) is 0.854. The number of likely N-dealkylation sites (N-methyl/N-ethyl adjacent to an activating group) is 1. The summed E-state index contributed by atoms with van der Waals surface area (Å²) < 4.78 is 5.76. The number of amides is 2. The van der Waals surface area contributed by atoms with Gasteiger partial charge in [-0.2, -0.15) is 0 Å². The van der Waals surface area contributed by atoms with E-state index in [-0.39, 0.29) is 11.5 Å². The molecule has 30 heavy (non-hydrogen) atoms. The normalized spacial score (nSPS) is 12.9. The first-order valence-corrected chi connectivity index (χ1v) is 9.64. The van der Waals surface area contributed by atoms with Crippen molar-refractivity contribution in [2.75, 3.05) is 7.05 Å². The van der Waals surface area contributed by atoms with Gasteiger partial charge in [0, 0.05) is 18.8 Å². The summed E-state index contributed by atoms with van der Waals surface area (Å²) in [5, 5.41) is 1.26. The van der Waals surface area contributed by atoms with Crippen molar-refractivity contribution in [1.29, 1.82) is 0 Å². The zero-order valence-electron chi connectivity index (χ0n) is 17.4. The molecule has 0 aliphatic carbocycles. The van der Waals surface area contributed by atoms with Crippen molar-refractivity contribution in [3.63, 3.8) is 0 Å². The van der Waals surface area contributed by atoms with Gasteiger partial charge in [0.1, 0.15) is 11.8 Å². The fourth-order valence-corrected chi connectivity index (χ4v) is 3.33.